The van der Waals surface area contributed by atoms with Crippen molar-refractivity contribution in [3.63, 3.8) is 0 Å². The van der Waals surface area contributed by atoms with E-state index in [2.05, 4.69) is 0 Å². The largest absolute Gasteiger partial charge is 0.481 e. The second-order valence-corrected chi connectivity index (χ2v) is 7.48. The van der Waals surface area contributed by atoms with Crippen LogP contribution in [0.4, 0.5) is 0 Å². The minimum Gasteiger partial charge on any atom is -0.481 e. The van der Waals surface area contributed by atoms with Crippen molar-refractivity contribution in [3.8, 4) is 0 Å². The number of carboxylic acids is 1. The predicted molar refractivity (Wildman–Crippen MR) is 65.8 cm³/mol. The van der Waals surface area contributed by atoms with Crippen molar-refractivity contribution >= 4 is 5.97 Å². The van der Waals surface area contributed by atoms with Crippen molar-refractivity contribution in [2.45, 2.75) is 51.0 Å². The smallest absolute Gasteiger partial charge is 0.310 e. The lowest BCUT2D eigenvalue weighted by atomic mass is 9.43. The number of hydrogen-bond acceptors (Lipinski definition) is 2. The van der Waals surface area contributed by atoms with Gasteiger partial charge in [-0.1, -0.05) is 0 Å². The maximum absolute atomic E-state index is 11.8. The SMILES string of the molecule is O=C(O)C1(C2C3CC4CC(C3)CC2C4)CC(O)C1. The van der Waals surface area contributed by atoms with Crippen LogP contribution in [0.1, 0.15) is 44.9 Å². The lowest BCUT2D eigenvalue weighted by molar-refractivity contribution is -0.195. The highest BCUT2D eigenvalue weighted by atomic mass is 16.4. The fourth-order valence-corrected chi connectivity index (χ4v) is 6.20. The molecule has 3 nitrogen and oxygen atoms in total. The average molecular weight is 250 g/mol. The summed E-state index contributed by atoms with van der Waals surface area (Å²) in [5, 5.41) is 19.3. The summed E-state index contributed by atoms with van der Waals surface area (Å²) < 4.78 is 0. The van der Waals surface area contributed by atoms with Gasteiger partial charge >= 0.3 is 5.97 Å². The highest BCUT2D eigenvalue weighted by Crippen LogP contribution is 2.65. The van der Waals surface area contributed by atoms with Crippen molar-refractivity contribution in [2.75, 3.05) is 0 Å². The Balaban J connectivity index is 1.66. The van der Waals surface area contributed by atoms with E-state index in [1.165, 1.54) is 32.1 Å². The second kappa shape index (κ2) is 3.50. The van der Waals surface area contributed by atoms with Gasteiger partial charge in [0.25, 0.3) is 0 Å². The third-order valence-corrected chi connectivity index (χ3v) is 6.49. The molecule has 0 saturated heterocycles. The van der Waals surface area contributed by atoms with E-state index in [0.717, 1.165) is 11.8 Å². The van der Waals surface area contributed by atoms with Crippen LogP contribution >= 0.6 is 0 Å². The molecule has 5 saturated carbocycles. The molecule has 0 radical (unpaired) electrons. The number of aliphatic carboxylic acids is 1. The van der Waals surface area contributed by atoms with Crippen molar-refractivity contribution in [2.24, 2.45) is 35.0 Å². The summed E-state index contributed by atoms with van der Waals surface area (Å²) in [6.45, 7) is 0. The van der Waals surface area contributed by atoms with Gasteiger partial charge in [-0.25, -0.2) is 0 Å². The van der Waals surface area contributed by atoms with Gasteiger partial charge in [0.1, 0.15) is 0 Å². The summed E-state index contributed by atoms with van der Waals surface area (Å²) in [7, 11) is 0. The van der Waals surface area contributed by atoms with Gasteiger partial charge in [-0.05, 0) is 74.5 Å². The molecule has 0 aromatic rings. The third kappa shape index (κ3) is 1.31. The Bertz CT molecular complexity index is 355. The highest BCUT2D eigenvalue weighted by Gasteiger charge is 2.62. The molecule has 0 amide bonds. The molecule has 4 bridgehead atoms. The Morgan fingerprint density at radius 2 is 1.44 bits per heavy atom. The molecule has 0 aromatic carbocycles. The van der Waals surface area contributed by atoms with E-state index in [1.54, 1.807) is 0 Å². The van der Waals surface area contributed by atoms with E-state index >= 15 is 0 Å². The number of aliphatic hydroxyl groups is 1. The molecule has 3 heteroatoms. The van der Waals surface area contributed by atoms with Gasteiger partial charge < -0.3 is 10.2 Å². The average Bonchev–Trinajstić information content (AvgIpc) is 2.23. The minimum absolute atomic E-state index is 0.363. The van der Waals surface area contributed by atoms with Gasteiger partial charge in [-0.3, -0.25) is 4.79 Å². The first-order chi connectivity index (χ1) is 8.58. The van der Waals surface area contributed by atoms with Crippen LogP contribution in [-0.2, 0) is 4.79 Å². The maximum atomic E-state index is 11.8. The molecular formula is C15H22O3. The number of aliphatic hydroxyl groups excluding tert-OH is 1. The highest BCUT2D eigenvalue weighted by molar-refractivity contribution is 5.76. The molecule has 0 atom stereocenters. The van der Waals surface area contributed by atoms with Crippen LogP contribution in [0.5, 0.6) is 0 Å². The molecule has 100 valence electrons. The molecule has 0 unspecified atom stereocenters. The number of carboxylic acid groups (broad SMARTS) is 1. The summed E-state index contributed by atoms with van der Waals surface area (Å²) in [4.78, 5) is 11.8. The van der Waals surface area contributed by atoms with E-state index in [9.17, 15) is 15.0 Å². The predicted octanol–water partition coefficient (Wildman–Crippen LogP) is 2.28. The fraction of sp³-hybridized carbons (Fsp3) is 0.933. The summed E-state index contributed by atoms with van der Waals surface area (Å²) in [5.41, 5.74) is -0.567. The molecule has 5 fully saturated rings. The van der Waals surface area contributed by atoms with Crippen LogP contribution in [0.15, 0.2) is 0 Å². The second-order valence-electron chi connectivity index (χ2n) is 7.48. The van der Waals surface area contributed by atoms with E-state index in [0.29, 0.717) is 30.6 Å². The van der Waals surface area contributed by atoms with Crippen molar-refractivity contribution in [3.05, 3.63) is 0 Å². The van der Waals surface area contributed by atoms with Gasteiger partial charge in [0.15, 0.2) is 0 Å². The quantitative estimate of drug-likeness (QED) is 0.790. The molecule has 5 aliphatic carbocycles. The molecule has 0 aromatic heterocycles. The molecule has 0 aliphatic heterocycles. The first kappa shape index (κ1) is 11.3. The summed E-state index contributed by atoms with van der Waals surface area (Å²) in [6.07, 6.45) is 7.13. The zero-order valence-corrected chi connectivity index (χ0v) is 10.7. The Kier molecular flexibility index (Phi) is 2.19. The Morgan fingerprint density at radius 1 is 0.944 bits per heavy atom. The van der Waals surface area contributed by atoms with E-state index in [-0.39, 0.29) is 6.10 Å². The van der Waals surface area contributed by atoms with Crippen LogP contribution in [-0.4, -0.2) is 22.3 Å². The lowest BCUT2D eigenvalue weighted by Gasteiger charge is -2.61. The first-order valence-electron chi connectivity index (χ1n) is 7.50. The molecule has 18 heavy (non-hydrogen) atoms. The molecule has 5 aliphatic rings. The van der Waals surface area contributed by atoms with Gasteiger partial charge in [-0.15, -0.1) is 0 Å². The normalized spacial score (nSPS) is 57.4. The third-order valence-electron chi connectivity index (χ3n) is 6.49. The molecule has 0 heterocycles. The number of rotatable bonds is 2. The van der Waals surface area contributed by atoms with E-state index in [4.69, 9.17) is 0 Å². The Morgan fingerprint density at radius 3 is 1.83 bits per heavy atom. The van der Waals surface area contributed by atoms with Crippen LogP contribution in [0, 0.1) is 35.0 Å². The van der Waals surface area contributed by atoms with Crippen molar-refractivity contribution in [1.29, 1.82) is 0 Å². The molecule has 5 rings (SSSR count). The topological polar surface area (TPSA) is 57.5 Å². The fourth-order valence-electron chi connectivity index (χ4n) is 6.20. The van der Waals surface area contributed by atoms with Crippen molar-refractivity contribution in [1.82, 2.24) is 0 Å². The standard InChI is InChI=1S/C15H22O3/c16-12-6-15(7-12,14(17)18)13-10-2-8-1-9(4-10)5-11(13)3-8/h8-13,16H,1-7H2,(H,17,18). The summed E-state index contributed by atoms with van der Waals surface area (Å²) in [5.74, 6) is 2.80. The van der Waals surface area contributed by atoms with E-state index in [1.807, 2.05) is 0 Å². The van der Waals surface area contributed by atoms with Gasteiger partial charge in [0.05, 0.1) is 11.5 Å². The molecule has 0 spiro atoms. The van der Waals surface area contributed by atoms with Crippen LogP contribution in [0.2, 0.25) is 0 Å². The summed E-state index contributed by atoms with van der Waals surface area (Å²) >= 11 is 0. The van der Waals surface area contributed by atoms with Gasteiger partial charge in [-0.2, -0.15) is 0 Å². The first-order valence-corrected chi connectivity index (χ1v) is 7.50. The van der Waals surface area contributed by atoms with E-state index < -0.39 is 11.4 Å². The van der Waals surface area contributed by atoms with Crippen LogP contribution in [0.25, 0.3) is 0 Å². The number of hydrogen-bond donors (Lipinski definition) is 2. The van der Waals surface area contributed by atoms with Crippen molar-refractivity contribution < 1.29 is 15.0 Å². The van der Waals surface area contributed by atoms with Gasteiger partial charge in [0, 0.05) is 0 Å². The van der Waals surface area contributed by atoms with Gasteiger partial charge in [0.2, 0.25) is 0 Å². The Hall–Kier alpha value is -0.570. The number of carbonyl (C=O) groups is 1. The molecule has 2 N–H and O–H groups in total. The monoisotopic (exact) mass is 250 g/mol. The summed E-state index contributed by atoms with van der Waals surface area (Å²) in [6, 6.07) is 0. The van der Waals surface area contributed by atoms with Crippen LogP contribution < -0.4 is 0 Å². The lowest BCUT2D eigenvalue weighted by Crippen LogP contribution is -2.60. The zero-order chi connectivity index (χ0) is 12.5. The minimum atomic E-state index is -0.634. The maximum Gasteiger partial charge on any atom is 0.310 e. The molecular weight excluding hydrogens is 228 g/mol. The van der Waals surface area contributed by atoms with Crippen LogP contribution in [0.3, 0.4) is 0 Å². The zero-order valence-electron chi connectivity index (χ0n) is 10.7. The Labute approximate surface area is 108 Å².